The van der Waals surface area contributed by atoms with Crippen molar-refractivity contribution < 1.29 is 18.0 Å². The molecule has 0 aliphatic carbocycles. The number of benzene rings is 1. The summed E-state index contributed by atoms with van der Waals surface area (Å²) >= 11 is 0. The Morgan fingerprint density at radius 1 is 1.03 bits per heavy atom. The van der Waals surface area contributed by atoms with Gasteiger partial charge in [-0.3, -0.25) is 9.59 Å². The fourth-order valence-corrected chi connectivity index (χ4v) is 5.67. The van der Waals surface area contributed by atoms with Crippen molar-refractivity contribution in [2.75, 3.05) is 33.2 Å². The van der Waals surface area contributed by atoms with Crippen LogP contribution in [0.15, 0.2) is 23.1 Å². The number of sulfonamides is 1. The molecule has 0 radical (unpaired) electrons. The van der Waals surface area contributed by atoms with Gasteiger partial charge < -0.3 is 9.80 Å². The maximum absolute atomic E-state index is 13.0. The van der Waals surface area contributed by atoms with Gasteiger partial charge in [0.15, 0.2) is 0 Å². The predicted molar refractivity (Wildman–Crippen MR) is 122 cm³/mol. The Hall–Kier alpha value is -1.93. The third-order valence-corrected chi connectivity index (χ3v) is 8.01. The molecule has 2 rings (SSSR count). The van der Waals surface area contributed by atoms with E-state index in [-0.39, 0.29) is 43.8 Å². The molecule has 174 valence electrons. The molecule has 1 aliphatic heterocycles. The van der Waals surface area contributed by atoms with Crippen LogP contribution in [-0.4, -0.2) is 73.6 Å². The highest BCUT2D eigenvalue weighted by atomic mass is 32.2. The van der Waals surface area contributed by atoms with E-state index in [0.29, 0.717) is 23.9 Å². The minimum absolute atomic E-state index is 0.0300. The van der Waals surface area contributed by atoms with Crippen molar-refractivity contribution >= 4 is 21.8 Å². The largest absolute Gasteiger partial charge is 0.343 e. The van der Waals surface area contributed by atoms with Gasteiger partial charge in [0, 0.05) is 52.1 Å². The number of piperazine rings is 1. The summed E-state index contributed by atoms with van der Waals surface area (Å²) in [5.74, 6) is 0.378. The van der Waals surface area contributed by atoms with Crippen LogP contribution in [0.25, 0.3) is 0 Å². The topological polar surface area (TPSA) is 78.0 Å². The average molecular weight is 452 g/mol. The van der Waals surface area contributed by atoms with Crippen LogP contribution >= 0.6 is 0 Å². The van der Waals surface area contributed by atoms with E-state index in [1.807, 2.05) is 26.0 Å². The normalized spacial score (nSPS) is 16.4. The molecule has 1 aliphatic rings. The van der Waals surface area contributed by atoms with E-state index >= 15 is 0 Å². The molecule has 0 N–H and O–H groups in total. The second-order valence-electron chi connectivity index (χ2n) is 9.04. The lowest BCUT2D eigenvalue weighted by atomic mass is 10.0. The maximum atomic E-state index is 13.0. The van der Waals surface area contributed by atoms with Crippen molar-refractivity contribution in [2.45, 2.75) is 64.8 Å². The maximum Gasteiger partial charge on any atom is 0.243 e. The minimum atomic E-state index is -3.59. The summed E-state index contributed by atoms with van der Waals surface area (Å²) in [5.41, 5.74) is 1.62. The highest BCUT2D eigenvalue weighted by molar-refractivity contribution is 7.89. The van der Waals surface area contributed by atoms with Gasteiger partial charge in [-0.15, -0.1) is 0 Å². The van der Waals surface area contributed by atoms with E-state index in [2.05, 4.69) is 13.8 Å². The lowest BCUT2D eigenvalue weighted by Gasteiger charge is -2.34. The second-order valence-corrected chi connectivity index (χ2v) is 10.9. The van der Waals surface area contributed by atoms with Gasteiger partial charge >= 0.3 is 0 Å². The van der Waals surface area contributed by atoms with E-state index in [1.165, 1.54) is 4.31 Å². The fourth-order valence-electron chi connectivity index (χ4n) is 3.94. The molecular weight excluding hydrogens is 414 g/mol. The predicted octanol–water partition coefficient (Wildman–Crippen LogP) is 2.81. The van der Waals surface area contributed by atoms with Crippen molar-refractivity contribution in [2.24, 2.45) is 5.92 Å². The van der Waals surface area contributed by atoms with Crippen LogP contribution in [0.5, 0.6) is 0 Å². The third kappa shape index (κ3) is 6.53. The van der Waals surface area contributed by atoms with Crippen LogP contribution in [0.4, 0.5) is 0 Å². The number of hydrogen-bond acceptors (Lipinski definition) is 4. The summed E-state index contributed by atoms with van der Waals surface area (Å²) in [7, 11) is -1.80. The summed E-state index contributed by atoms with van der Waals surface area (Å²) < 4.78 is 27.5. The van der Waals surface area contributed by atoms with Gasteiger partial charge in [0.25, 0.3) is 0 Å². The molecule has 1 atom stereocenters. The molecule has 0 aromatic heterocycles. The van der Waals surface area contributed by atoms with Gasteiger partial charge in [-0.25, -0.2) is 8.42 Å². The summed E-state index contributed by atoms with van der Waals surface area (Å²) in [5, 5.41) is 0. The Bertz CT molecular complexity index is 890. The van der Waals surface area contributed by atoms with Gasteiger partial charge in [0.2, 0.25) is 21.8 Å². The van der Waals surface area contributed by atoms with E-state index in [9.17, 15) is 18.0 Å². The van der Waals surface area contributed by atoms with Gasteiger partial charge in [-0.05, 0) is 50.3 Å². The van der Waals surface area contributed by atoms with Crippen molar-refractivity contribution in [3.63, 3.8) is 0 Å². The van der Waals surface area contributed by atoms with Crippen molar-refractivity contribution in [3.05, 3.63) is 29.3 Å². The van der Waals surface area contributed by atoms with Gasteiger partial charge in [0.05, 0.1) is 4.90 Å². The van der Waals surface area contributed by atoms with Crippen LogP contribution in [0.2, 0.25) is 0 Å². The molecule has 0 bridgehead atoms. The van der Waals surface area contributed by atoms with E-state index < -0.39 is 10.0 Å². The van der Waals surface area contributed by atoms with Crippen molar-refractivity contribution in [1.82, 2.24) is 14.1 Å². The Balaban J connectivity index is 1.89. The molecule has 1 aromatic carbocycles. The summed E-state index contributed by atoms with van der Waals surface area (Å²) in [6, 6.07) is 5.55. The average Bonchev–Trinajstić information content (AvgIpc) is 2.72. The zero-order chi connectivity index (χ0) is 23.3. The second kappa shape index (κ2) is 10.6. The molecule has 1 heterocycles. The molecule has 1 fully saturated rings. The van der Waals surface area contributed by atoms with E-state index in [1.54, 1.807) is 29.8 Å². The highest BCUT2D eigenvalue weighted by Gasteiger charge is 2.31. The number of rotatable bonds is 8. The lowest BCUT2D eigenvalue weighted by molar-refractivity contribution is -0.138. The summed E-state index contributed by atoms with van der Waals surface area (Å²) in [4.78, 5) is 28.7. The monoisotopic (exact) mass is 451 g/mol. The Morgan fingerprint density at radius 3 is 2.23 bits per heavy atom. The van der Waals surface area contributed by atoms with Crippen LogP contribution in [0.1, 0.15) is 51.2 Å². The minimum Gasteiger partial charge on any atom is -0.343 e. The smallest absolute Gasteiger partial charge is 0.243 e. The number of hydrogen-bond donors (Lipinski definition) is 0. The number of carbonyl (C=O) groups is 2. The zero-order valence-electron chi connectivity index (χ0n) is 19.7. The van der Waals surface area contributed by atoms with Crippen molar-refractivity contribution in [1.29, 1.82) is 0 Å². The quantitative estimate of drug-likeness (QED) is 0.609. The Morgan fingerprint density at radius 2 is 1.65 bits per heavy atom. The molecule has 8 heteroatoms. The first-order valence-electron chi connectivity index (χ1n) is 11.0. The number of carbonyl (C=O) groups excluding carboxylic acids is 2. The third-order valence-electron chi connectivity index (χ3n) is 5.97. The highest BCUT2D eigenvalue weighted by Crippen LogP contribution is 2.22. The van der Waals surface area contributed by atoms with Gasteiger partial charge in [0.1, 0.15) is 0 Å². The van der Waals surface area contributed by atoms with E-state index in [4.69, 9.17) is 0 Å². The lowest BCUT2D eigenvalue weighted by Crippen LogP contribution is -2.50. The number of nitrogens with zero attached hydrogens (tertiary/aromatic N) is 3. The summed E-state index contributed by atoms with van der Waals surface area (Å²) in [6.07, 6.45) is 1.26. The number of aryl methyl sites for hydroxylation is 2. The SMILES string of the molecule is Cc1ccc(C)c(S(=O)(=O)N2CCN(C(=O)CCC(=O)N(C)C(C)CC(C)C)CC2)c1. The first-order valence-corrected chi connectivity index (χ1v) is 12.5. The van der Waals surface area contributed by atoms with Crippen LogP contribution in [0.3, 0.4) is 0 Å². The number of amides is 2. The molecule has 0 spiro atoms. The molecule has 1 saturated heterocycles. The Kier molecular flexibility index (Phi) is 8.65. The first kappa shape index (κ1) is 25.3. The molecule has 31 heavy (non-hydrogen) atoms. The molecule has 7 nitrogen and oxygen atoms in total. The van der Waals surface area contributed by atoms with Crippen LogP contribution in [0, 0.1) is 19.8 Å². The van der Waals surface area contributed by atoms with Crippen molar-refractivity contribution in [3.8, 4) is 0 Å². The molecule has 1 unspecified atom stereocenters. The van der Waals surface area contributed by atoms with E-state index in [0.717, 1.165) is 17.5 Å². The standard InChI is InChI=1S/C23H37N3O4S/c1-17(2)15-20(5)24(6)22(27)9-10-23(28)25-11-13-26(14-12-25)31(29,30)21-16-18(3)7-8-19(21)4/h7-8,16-17,20H,9-15H2,1-6H3. The molecule has 0 saturated carbocycles. The Labute approximate surface area is 187 Å². The fraction of sp³-hybridized carbons (Fsp3) is 0.652. The van der Waals surface area contributed by atoms with Gasteiger partial charge in [-0.1, -0.05) is 26.0 Å². The van der Waals surface area contributed by atoms with Crippen LogP contribution in [-0.2, 0) is 19.6 Å². The molecular formula is C23H37N3O4S. The first-order chi connectivity index (χ1) is 14.4. The molecule has 2 amide bonds. The van der Waals surface area contributed by atoms with Crippen LogP contribution < -0.4 is 0 Å². The van der Waals surface area contributed by atoms with Gasteiger partial charge in [-0.2, -0.15) is 4.31 Å². The zero-order valence-corrected chi connectivity index (χ0v) is 20.5. The summed E-state index contributed by atoms with van der Waals surface area (Å²) in [6.45, 7) is 11.2. The molecule has 1 aromatic rings.